The molecule has 0 saturated carbocycles. The van der Waals surface area contributed by atoms with Crippen molar-refractivity contribution < 1.29 is 9.90 Å². The number of carbonyl (C=O) groups is 1. The summed E-state index contributed by atoms with van der Waals surface area (Å²) in [5.41, 5.74) is 6.88. The third-order valence-electron chi connectivity index (χ3n) is 2.54. The van der Waals surface area contributed by atoms with Gasteiger partial charge in [-0.25, -0.2) is 0 Å². The van der Waals surface area contributed by atoms with Crippen molar-refractivity contribution in [3.05, 3.63) is 21.4 Å². The first-order chi connectivity index (χ1) is 6.66. The number of carboxylic acid groups (broad SMARTS) is 1. The highest BCUT2D eigenvalue weighted by molar-refractivity contribution is 7.12. The molecule has 1 unspecified atom stereocenters. The summed E-state index contributed by atoms with van der Waals surface area (Å²) in [6.07, 6.45) is 4.01. The molecule has 1 atom stereocenters. The zero-order valence-electron chi connectivity index (χ0n) is 7.82. The molecule has 4 heteroatoms. The Morgan fingerprint density at radius 2 is 2.43 bits per heavy atom. The van der Waals surface area contributed by atoms with Crippen LogP contribution >= 0.6 is 11.3 Å². The van der Waals surface area contributed by atoms with E-state index >= 15 is 0 Å². The monoisotopic (exact) mass is 211 g/mol. The second-order valence-corrected chi connectivity index (χ2v) is 4.88. The molecular formula is C10H13NO2S. The minimum Gasteiger partial charge on any atom is -0.480 e. The molecular weight excluding hydrogens is 198 g/mol. The van der Waals surface area contributed by atoms with Gasteiger partial charge < -0.3 is 10.8 Å². The number of nitrogens with two attached hydrogens (primary N) is 1. The lowest BCUT2D eigenvalue weighted by molar-refractivity contribution is -0.138. The summed E-state index contributed by atoms with van der Waals surface area (Å²) < 4.78 is 0. The Balaban J connectivity index is 2.07. The molecule has 76 valence electrons. The smallest absolute Gasteiger partial charge is 0.320 e. The van der Waals surface area contributed by atoms with Gasteiger partial charge in [0.2, 0.25) is 0 Å². The summed E-state index contributed by atoms with van der Waals surface area (Å²) in [4.78, 5) is 13.1. The third kappa shape index (κ3) is 1.81. The molecule has 14 heavy (non-hydrogen) atoms. The van der Waals surface area contributed by atoms with E-state index in [4.69, 9.17) is 10.8 Å². The van der Waals surface area contributed by atoms with Gasteiger partial charge >= 0.3 is 5.97 Å². The number of rotatable bonds is 3. The van der Waals surface area contributed by atoms with Gasteiger partial charge in [-0.15, -0.1) is 11.3 Å². The van der Waals surface area contributed by atoms with Gasteiger partial charge in [-0.05, 0) is 30.9 Å². The first-order valence-corrected chi connectivity index (χ1v) is 5.57. The molecule has 1 aliphatic rings. The molecule has 0 fully saturated rings. The van der Waals surface area contributed by atoms with Crippen LogP contribution in [0.1, 0.15) is 21.7 Å². The first kappa shape index (κ1) is 9.68. The minimum atomic E-state index is -0.918. The molecule has 0 radical (unpaired) electrons. The van der Waals surface area contributed by atoms with Crippen LogP contribution in [0.15, 0.2) is 6.07 Å². The van der Waals surface area contributed by atoms with Gasteiger partial charge in [0.15, 0.2) is 0 Å². The van der Waals surface area contributed by atoms with Crippen LogP contribution in [0, 0.1) is 0 Å². The third-order valence-corrected chi connectivity index (χ3v) is 3.80. The maximum Gasteiger partial charge on any atom is 0.320 e. The number of aryl methyl sites for hydroxylation is 2. The summed E-state index contributed by atoms with van der Waals surface area (Å²) in [7, 11) is 0. The van der Waals surface area contributed by atoms with Crippen molar-refractivity contribution in [3.8, 4) is 0 Å². The van der Waals surface area contributed by atoms with E-state index in [2.05, 4.69) is 6.07 Å². The number of hydrogen-bond acceptors (Lipinski definition) is 3. The van der Waals surface area contributed by atoms with Gasteiger partial charge in [0.1, 0.15) is 6.04 Å². The number of thiophene rings is 1. The normalized spacial score (nSPS) is 16.6. The highest BCUT2D eigenvalue weighted by Crippen LogP contribution is 2.30. The van der Waals surface area contributed by atoms with Gasteiger partial charge in [0.05, 0.1) is 0 Å². The number of carboxylic acids is 1. The van der Waals surface area contributed by atoms with Crippen molar-refractivity contribution in [3.63, 3.8) is 0 Å². The summed E-state index contributed by atoms with van der Waals surface area (Å²) in [6.45, 7) is 0. The average molecular weight is 211 g/mol. The average Bonchev–Trinajstić information content (AvgIpc) is 2.63. The Morgan fingerprint density at radius 1 is 1.64 bits per heavy atom. The Hall–Kier alpha value is -0.870. The fourth-order valence-corrected chi connectivity index (χ4v) is 3.11. The van der Waals surface area contributed by atoms with Crippen molar-refractivity contribution in [2.45, 2.75) is 31.7 Å². The lowest BCUT2D eigenvalue weighted by Gasteiger charge is -2.02. The van der Waals surface area contributed by atoms with E-state index in [1.807, 2.05) is 0 Å². The van der Waals surface area contributed by atoms with Crippen molar-refractivity contribution in [2.75, 3.05) is 0 Å². The topological polar surface area (TPSA) is 63.3 Å². The first-order valence-electron chi connectivity index (χ1n) is 4.75. The van der Waals surface area contributed by atoms with E-state index in [1.54, 1.807) is 11.3 Å². The maximum absolute atomic E-state index is 10.6. The van der Waals surface area contributed by atoms with Gasteiger partial charge in [-0.2, -0.15) is 0 Å². The number of hydrogen-bond donors (Lipinski definition) is 2. The van der Waals surface area contributed by atoms with Crippen molar-refractivity contribution >= 4 is 17.3 Å². The fourth-order valence-electron chi connectivity index (χ4n) is 1.80. The molecule has 1 aromatic heterocycles. The van der Waals surface area contributed by atoms with Crippen LogP contribution in [-0.2, 0) is 24.1 Å². The summed E-state index contributed by atoms with van der Waals surface area (Å²) >= 11 is 1.72. The van der Waals surface area contributed by atoms with E-state index in [0.717, 1.165) is 17.7 Å². The van der Waals surface area contributed by atoms with Crippen LogP contribution in [0.2, 0.25) is 0 Å². The summed E-state index contributed by atoms with van der Waals surface area (Å²) in [6, 6.07) is 1.37. The lowest BCUT2D eigenvalue weighted by atomic mass is 10.1. The molecule has 2 rings (SSSR count). The van der Waals surface area contributed by atoms with Crippen LogP contribution in [0.25, 0.3) is 0 Å². The van der Waals surface area contributed by atoms with Crippen LogP contribution in [0.3, 0.4) is 0 Å². The van der Waals surface area contributed by atoms with Crippen molar-refractivity contribution in [1.29, 1.82) is 0 Å². The van der Waals surface area contributed by atoms with Gasteiger partial charge in [-0.1, -0.05) is 0 Å². The molecule has 0 aliphatic heterocycles. The highest BCUT2D eigenvalue weighted by atomic mass is 32.1. The van der Waals surface area contributed by atoms with E-state index in [0.29, 0.717) is 6.42 Å². The second kappa shape index (κ2) is 3.71. The molecule has 1 aromatic rings. The van der Waals surface area contributed by atoms with Crippen LogP contribution in [0.5, 0.6) is 0 Å². The molecule has 0 amide bonds. The molecule has 1 heterocycles. The molecule has 0 bridgehead atoms. The van der Waals surface area contributed by atoms with Gasteiger partial charge in [0.25, 0.3) is 0 Å². The second-order valence-electron chi connectivity index (χ2n) is 3.66. The van der Waals surface area contributed by atoms with Crippen LogP contribution < -0.4 is 5.73 Å². The molecule has 1 aliphatic carbocycles. The Labute approximate surface area is 86.6 Å². The van der Waals surface area contributed by atoms with E-state index in [9.17, 15) is 4.79 Å². The molecule has 0 saturated heterocycles. The standard InChI is InChI=1S/C10H13NO2S/c11-8(10(12)13)5-7-4-6-2-1-3-9(6)14-7/h4,8H,1-3,5,11H2,(H,12,13). The van der Waals surface area contributed by atoms with Crippen molar-refractivity contribution in [2.24, 2.45) is 5.73 Å². The zero-order valence-corrected chi connectivity index (χ0v) is 8.64. The largest absolute Gasteiger partial charge is 0.480 e. The van der Waals surface area contributed by atoms with Gasteiger partial charge in [-0.3, -0.25) is 4.79 Å². The van der Waals surface area contributed by atoms with Crippen LogP contribution in [0.4, 0.5) is 0 Å². The summed E-state index contributed by atoms with van der Waals surface area (Å²) in [5.74, 6) is -0.918. The predicted molar refractivity (Wildman–Crippen MR) is 55.7 cm³/mol. The molecule has 3 N–H and O–H groups in total. The maximum atomic E-state index is 10.6. The number of fused-ring (bicyclic) bond motifs is 1. The Morgan fingerprint density at radius 3 is 3.07 bits per heavy atom. The van der Waals surface area contributed by atoms with Crippen LogP contribution in [-0.4, -0.2) is 17.1 Å². The Bertz CT molecular complexity index is 338. The zero-order chi connectivity index (χ0) is 10.1. The molecule has 3 nitrogen and oxygen atoms in total. The lowest BCUT2D eigenvalue weighted by Crippen LogP contribution is -2.31. The minimum absolute atomic E-state index is 0.465. The highest BCUT2D eigenvalue weighted by Gasteiger charge is 2.18. The molecule has 0 aromatic carbocycles. The fraction of sp³-hybridized carbons (Fsp3) is 0.500. The molecule has 0 spiro atoms. The number of aliphatic carboxylic acids is 1. The summed E-state index contributed by atoms with van der Waals surface area (Å²) in [5, 5.41) is 8.67. The quantitative estimate of drug-likeness (QED) is 0.789. The predicted octanol–water partition coefficient (Wildman–Crippen LogP) is 1.19. The van der Waals surface area contributed by atoms with Gasteiger partial charge in [0, 0.05) is 16.2 Å². The van der Waals surface area contributed by atoms with E-state index in [1.165, 1.54) is 16.9 Å². The van der Waals surface area contributed by atoms with E-state index < -0.39 is 12.0 Å². The SMILES string of the molecule is NC(Cc1cc2c(s1)CCC2)C(=O)O. The Kier molecular flexibility index (Phi) is 2.56. The van der Waals surface area contributed by atoms with Crippen molar-refractivity contribution in [1.82, 2.24) is 0 Å². The van der Waals surface area contributed by atoms with E-state index in [-0.39, 0.29) is 0 Å².